The molecule has 1 unspecified atom stereocenters. The molecule has 2 amide bonds. The predicted molar refractivity (Wildman–Crippen MR) is 118 cm³/mol. The number of nitrogens with two attached hydrogens (primary N) is 1. The second-order valence-electron chi connectivity index (χ2n) is 7.34. The summed E-state index contributed by atoms with van der Waals surface area (Å²) in [5.74, 6) is -0.0209. The molecular weight excluding hydrogens is 396 g/mol. The number of hydrogen-bond donors (Lipinski definition) is 2. The van der Waals surface area contributed by atoms with Gasteiger partial charge < -0.3 is 15.8 Å². The van der Waals surface area contributed by atoms with Crippen LogP contribution >= 0.6 is 0 Å². The maximum Gasteiger partial charge on any atom is 0.275 e. The van der Waals surface area contributed by atoms with E-state index in [0.29, 0.717) is 18.2 Å². The molecule has 0 saturated heterocycles. The van der Waals surface area contributed by atoms with Crippen LogP contribution in [-0.2, 0) is 10.3 Å². The van der Waals surface area contributed by atoms with E-state index in [-0.39, 0.29) is 24.0 Å². The first kappa shape index (κ1) is 21.9. The van der Waals surface area contributed by atoms with Gasteiger partial charge in [0.05, 0.1) is 24.4 Å². The number of carbonyl (C=O) groups is 2. The molecule has 0 spiro atoms. The summed E-state index contributed by atoms with van der Waals surface area (Å²) >= 11 is 0. The number of nitrogens with zero attached hydrogens (tertiary/aromatic N) is 4. The molecular formula is C22H26N6O3. The van der Waals surface area contributed by atoms with E-state index in [0.717, 1.165) is 12.0 Å². The number of aliphatic imine (C=N–C) groups is 1. The molecule has 2 aromatic rings. The third-order valence-corrected chi connectivity index (χ3v) is 4.91. The Morgan fingerprint density at radius 1 is 1.32 bits per heavy atom. The second kappa shape index (κ2) is 9.38. The van der Waals surface area contributed by atoms with Crippen molar-refractivity contribution in [1.82, 2.24) is 14.9 Å². The van der Waals surface area contributed by atoms with Crippen LogP contribution in [-0.4, -0.2) is 46.3 Å². The monoisotopic (exact) mass is 422 g/mol. The number of hydrogen-bond acceptors (Lipinski definition) is 7. The molecule has 162 valence electrons. The third kappa shape index (κ3) is 5.25. The minimum atomic E-state index is -0.806. The molecule has 0 bridgehead atoms. The molecule has 1 aliphatic heterocycles. The van der Waals surface area contributed by atoms with Crippen molar-refractivity contribution in [3.8, 4) is 5.88 Å². The number of nitrogens with one attached hydrogen (secondary N) is 1. The van der Waals surface area contributed by atoms with Crippen LogP contribution in [0.15, 0.2) is 53.8 Å². The molecule has 1 aromatic heterocycles. The number of carbonyl (C=O) groups excluding carboxylic acids is 2. The molecule has 1 atom stereocenters. The normalized spacial score (nSPS) is 18.7. The van der Waals surface area contributed by atoms with Crippen molar-refractivity contribution < 1.29 is 14.3 Å². The highest BCUT2D eigenvalue weighted by Crippen LogP contribution is 2.34. The van der Waals surface area contributed by atoms with Gasteiger partial charge in [0.1, 0.15) is 12.3 Å². The van der Waals surface area contributed by atoms with Gasteiger partial charge in [-0.15, -0.1) is 0 Å². The summed E-state index contributed by atoms with van der Waals surface area (Å²) in [5, 5.41) is 2.80. The third-order valence-electron chi connectivity index (χ3n) is 4.91. The Kier molecular flexibility index (Phi) is 6.64. The highest BCUT2D eigenvalue weighted by molar-refractivity contribution is 6.03. The van der Waals surface area contributed by atoms with E-state index in [1.165, 1.54) is 17.3 Å². The minimum absolute atomic E-state index is 0.118. The van der Waals surface area contributed by atoms with Gasteiger partial charge in [-0.2, -0.15) is 0 Å². The zero-order chi connectivity index (χ0) is 22.4. The fraction of sp³-hybridized carbons (Fsp3) is 0.318. The lowest BCUT2D eigenvalue weighted by molar-refractivity contribution is -0.128. The quantitative estimate of drug-likeness (QED) is 0.661. The minimum Gasteiger partial charge on any atom is -0.472 e. The number of ether oxygens (including phenoxy) is 1. The van der Waals surface area contributed by atoms with Crippen LogP contribution in [0.4, 0.5) is 5.69 Å². The number of aromatic nitrogens is 2. The Bertz CT molecular complexity index is 1020. The van der Waals surface area contributed by atoms with Crippen LogP contribution in [0.1, 0.15) is 42.7 Å². The summed E-state index contributed by atoms with van der Waals surface area (Å²) in [5.41, 5.74) is 6.56. The summed E-state index contributed by atoms with van der Waals surface area (Å²) in [4.78, 5) is 38.8. The van der Waals surface area contributed by atoms with Crippen LogP contribution in [0.25, 0.3) is 0 Å². The molecule has 2 heterocycles. The van der Waals surface area contributed by atoms with Gasteiger partial charge in [-0.3, -0.25) is 14.5 Å². The zero-order valence-electron chi connectivity index (χ0n) is 17.8. The van der Waals surface area contributed by atoms with Gasteiger partial charge in [0.15, 0.2) is 5.96 Å². The van der Waals surface area contributed by atoms with Crippen molar-refractivity contribution in [2.75, 3.05) is 19.0 Å². The second-order valence-corrected chi connectivity index (χ2v) is 7.34. The SMILES string of the molecule is CC/C=C\COc1cnc(C(=O)Nc2cccc(C3(C)CC(=O)N(C)C(N)=N3)c2)cn1. The van der Waals surface area contributed by atoms with Crippen LogP contribution in [0.3, 0.4) is 0 Å². The molecule has 0 aliphatic carbocycles. The van der Waals surface area contributed by atoms with Crippen molar-refractivity contribution in [2.45, 2.75) is 32.2 Å². The van der Waals surface area contributed by atoms with Crippen molar-refractivity contribution in [1.29, 1.82) is 0 Å². The van der Waals surface area contributed by atoms with Crippen LogP contribution < -0.4 is 15.8 Å². The maximum atomic E-state index is 12.6. The highest BCUT2D eigenvalue weighted by atomic mass is 16.5. The Hall–Kier alpha value is -3.75. The summed E-state index contributed by atoms with van der Waals surface area (Å²) in [6.45, 7) is 4.27. The molecule has 3 N–H and O–H groups in total. The molecule has 1 aromatic carbocycles. The van der Waals surface area contributed by atoms with E-state index in [1.807, 2.05) is 32.1 Å². The van der Waals surface area contributed by atoms with E-state index >= 15 is 0 Å². The maximum absolute atomic E-state index is 12.6. The molecule has 3 rings (SSSR count). The van der Waals surface area contributed by atoms with Gasteiger partial charge in [-0.05, 0) is 31.0 Å². The molecule has 9 heteroatoms. The summed E-state index contributed by atoms with van der Waals surface area (Å²) in [7, 11) is 1.59. The van der Waals surface area contributed by atoms with Crippen molar-refractivity contribution in [2.24, 2.45) is 10.7 Å². The zero-order valence-corrected chi connectivity index (χ0v) is 17.8. The number of anilines is 1. The molecule has 0 radical (unpaired) electrons. The smallest absolute Gasteiger partial charge is 0.275 e. The van der Waals surface area contributed by atoms with Gasteiger partial charge in [0.2, 0.25) is 11.8 Å². The predicted octanol–water partition coefficient (Wildman–Crippen LogP) is 2.47. The fourth-order valence-electron chi connectivity index (χ4n) is 3.08. The van der Waals surface area contributed by atoms with Gasteiger partial charge >= 0.3 is 0 Å². The first-order valence-corrected chi connectivity index (χ1v) is 9.96. The topological polar surface area (TPSA) is 123 Å². The average molecular weight is 422 g/mol. The number of allylic oxidation sites excluding steroid dienone is 1. The molecule has 0 fully saturated rings. The lowest BCUT2D eigenvalue weighted by Crippen LogP contribution is -2.47. The Labute approximate surface area is 181 Å². The summed E-state index contributed by atoms with van der Waals surface area (Å²) in [6.07, 6.45) is 7.77. The van der Waals surface area contributed by atoms with E-state index in [4.69, 9.17) is 10.5 Å². The van der Waals surface area contributed by atoms with Crippen LogP contribution in [0, 0.1) is 0 Å². The van der Waals surface area contributed by atoms with Gasteiger partial charge in [0.25, 0.3) is 5.91 Å². The lowest BCUT2D eigenvalue weighted by atomic mass is 9.87. The Morgan fingerprint density at radius 3 is 2.81 bits per heavy atom. The fourth-order valence-corrected chi connectivity index (χ4v) is 3.08. The van der Waals surface area contributed by atoms with Crippen molar-refractivity contribution in [3.05, 3.63) is 60.1 Å². The first-order chi connectivity index (χ1) is 14.8. The molecule has 31 heavy (non-hydrogen) atoms. The molecule has 1 aliphatic rings. The molecule has 9 nitrogen and oxygen atoms in total. The Morgan fingerprint density at radius 2 is 2.13 bits per heavy atom. The number of benzene rings is 1. The first-order valence-electron chi connectivity index (χ1n) is 9.96. The van der Waals surface area contributed by atoms with E-state index in [2.05, 4.69) is 20.3 Å². The number of amides is 2. The van der Waals surface area contributed by atoms with Gasteiger partial charge in [-0.25, -0.2) is 15.0 Å². The number of guanidine groups is 1. The Balaban J connectivity index is 1.70. The van der Waals surface area contributed by atoms with E-state index < -0.39 is 11.4 Å². The van der Waals surface area contributed by atoms with E-state index in [1.54, 1.807) is 25.2 Å². The van der Waals surface area contributed by atoms with E-state index in [9.17, 15) is 9.59 Å². The lowest BCUT2D eigenvalue weighted by Gasteiger charge is -2.33. The molecule has 0 saturated carbocycles. The highest BCUT2D eigenvalue weighted by Gasteiger charge is 2.36. The van der Waals surface area contributed by atoms with Crippen molar-refractivity contribution in [3.63, 3.8) is 0 Å². The average Bonchev–Trinajstić information content (AvgIpc) is 2.75. The summed E-state index contributed by atoms with van der Waals surface area (Å²) in [6, 6.07) is 7.17. The van der Waals surface area contributed by atoms with Gasteiger partial charge in [-0.1, -0.05) is 31.2 Å². The summed E-state index contributed by atoms with van der Waals surface area (Å²) < 4.78 is 5.43. The van der Waals surface area contributed by atoms with Crippen molar-refractivity contribution >= 4 is 23.5 Å². The number of rotatable bonds is 7. The van der Waals surface area contributed by atoms with Crippen LogP contribution in [0.5, 0.6) is 5.88 Å². The standard InChI is InChI=1S/C22H26N6O3/c1-4-5-6-10-31-18-14-24-17(13-25-18)20(30)26-16-9-7-8-15(11-16)22(2)12-19(29)28(3)21(23)27-22/h5-9,11,13-14H,4,10,12H2,1-3H3,(H2,23,27)(H,26,30)/b6-5-. The van der Waals surface area contributed by atoms with Crippen LogP contribution in [0.2, 0.25) is 0 Å². The van der Waals surface area contributed by atoms with Gasteiger partial charge in [0, 0.05) is 12.7 Å². The largest absolute Gasteiger partial charge is 0.472 e.